The van der Waals surface area contributed by atoms with Crippen molar-refractivity contribution in [2.75, 3.05) is 18.5 Å². The highest BCUT2D eigenvalue weighted by molar-refractivity contribution is 7.22. The number of amides is 2. The fraction of sp³-hybridized carbons (Fsp3) is 0.368. The number of rotatable bonds is 6. The topological polar surface area (TPSA) is 129 Å². The Labute approximate surface area is 171 Å². The number of nitrogens with one attached hydrogen (secondary N) is 2. The second kappa shape index (κ2) is 8.27. The van der Waals surface area contributed by atoms with Gasteiger partial charge in [0.05, 0.1) is 18.2 Å². The zero-order chi connectivity index (χ0) is 21.2. The van der Waals surface area contributed by atoms with Crippen molar-refractivity contribution in [2.24, 2.45) is 0 Å². The third-order valence-electron chi connectivity index (χ3n) is 4.04. The number of anilines is 1. The molecule has 3 aromatic rings. The highest BCUT2D eigenvalue weighted by atomic mass is 32.1. The summed E-state index contributed by atoms with van der Waals surface area (Å²) < 4.78 is 2.16. The summed E-state index contributed by atoms with van der Waals surface area (Å²) in [7, 11) is 0. The van der Waals surface area contributed by atoms with Gasteiger partial charge in [-0.05, 0) is 32.9 Å². The van der Waals surface area contributed by atoms with Gasteiger partial charge in [-0.25, -0.2) is 4.68 Å². The number of benzene rings is 1. The quantitative estimate of drug-likeness (QED) is 0.482. The first-order chi connectivity index (χ1) is 13.7. The molecule has 0 fully saturated rings. The summed E-state index contributed by atoms with van der Waals surface area (Å²) in [6, 6.07) is 8.77. The van der Waals surface area contributed by atoms with Crippen LogP contribution >= 0.6 is 11.3 Å². The third kappa shape index (κ3) is 4.61. The highest BCUT2D eigenvalue weighted by Gasteiger charge is 2.27. The first-order valence-corrected chi connectivity index (χ1v) is 9.86. The molecule has 0 bridgehead atoms. The summed E-state index contributed by atoms with van der Waals surface area (Å²) in [5.74, 6) is -0.788. The van der Waals surface area contributed by atoms with Gasteiger partial charge in [-0.3, -0.25) is 14.9 Å². The van der Waals surface area contributed by atoms with Gasteiger partial charge < -0.3 is 15.5 Å². The van der Waals surface area contributed by atoms with Crippen molar-refractivity contribution >= 4 is 38.6 Å². The molecule has 1 atom stereocenters. The number of fused-ring (bicyclic) bond motifs is 1. The molecule has 1 aromatic carbocycles. The number of aliphatic hydroxyl groups excluding tert-OH is 2. The average Bonchev–Trinajstić information content (AvgIpc) is 3.24. The normalized spacial score (nSPS) is 12.7. The zero-order valence-corrected chi connectivity index (χ0v) is 17.2. The molecular formula is C19H23N5O4S. The number of nitrogens with zero attached hydrogens (tertiary/aromatic N) is 3. The summed E-state index contributed by atoms with van der Waals surface area (Å²) in [4.78, 5) is 29.5. The molecule has 9 nitrogen and oxygen atoms in total. The molecule has 0 saturated carbocycles. The zero-order valence-electron chi connectivity index (χ0n) is 16.3. The lowest BCUT2D eigenvalue weighted by Gasteiger charge is -2.19. The summed E-state index contributed by atoms with van der Waals surface area (Å²) >= 11 is 1.15. The molecule has 154 valence electrons. The fourth-order valence-corrected chi connectivity index (χ4v) is 3.51. The molecule has 3 rings (SSSR count). The molecule has 0 aliphatic carbocycles. The van der Waals surface area contributed by atoms with Gasteiger partial charge in [-0.15, -0.1) is 0 Å². The van der Waals surface area contributed by atoms with Gasteiger partial charge in [-0.2, -0.15) is 10.1 Å². The molecule has 0 aliphatic heterocycles. The lowest BCUT2D eigenvalue weighted by molar-refractivity contribution is 0.0799. The van der Waals surface area contributed by atoms with Crippen LogP contribution in [0.2, 0.25) is 0 Å². The van der Waals surface area contributed by atoms with Crippen molar-refractivity contribution in [3.63, 3.8) is 0 Å². The standard InChI is InChI=1S/C19H23N5O4S/c1-19(2,3)24-15-14(13(23-24)17(28)20-9-12(26)10-25)29-18(21-15)22-16(27)11-7-5-4-6-8-11/h4-8,12,25-26H,9-10H2,1-3H3,(H,20,28)(H,21,22,27)/t12-/m1/s1. The molecule has 0 aliphatic rings. The van der Waals surface area contributed by atoms with E-state index in [1.165, 1.54) is 0 Å². The number of aromatic nitrogens is 3. The predicted octanol–water partition coefficient (Wildman–Crippen LogP) is 1.58. The molecule has 0 unspecified atom stereocenters. The van der Waals surface area contributed by atoms with Gasteiger partial charge in [0, 0.05) is 12.1 Å². The van der Waals surface area contributed by atoms with Crippen LogP contribution in [0.5, 0.6) is 0 Å². The molecule has 4 N–H and O–H groups in total. The van der Waals surface area contributed by atoms with Crippen molar-refractivity contribution < 1.29 is 19.8 Å². The summed E-state index contributed by atoms with van der Waals surface area (Å²) in [5, 5.41) is 28.4. The van der Waals surface area contributed by atoms with Crippen molar-refractivity contribution in [1.82, 2.24) is 20.1 Å². The first-order valence-electron chi connectivity index (χ1n) is 9.04. The molecule has 2 amide bonds. The van der Waals surface area contributed by atoms with Crippen LogP contribution in [-0.2, 0) is 5.54 Å². The van der Waals surface area contributed by atoms with Crippen LogP contribution in [0.3, 0.4) is 0 Å². The smallest absolute Gasteiger partial charge is 0.273 e. The van der Waals surface area contributed by atoms with E-state index in [9.17, 15) is 14.7 Å². The van der Waals surface area contributed by atoms with Gasteiger partial charge in [0.25, 0.3) is 11.8 Å². The van der Waals surface area contributed by atoms with E-state index in [1.807, 2.05) is 26.8 Å². The summed E-state index contributed by atoms with van der Waals surface area (Å²) in [6.45, 7) is 5.23. The van der Waals surface area contributed by atoms with E-state index < -0.39 is 24.2 Å². The second-order valence-electron chi connectivity index (χ2n) is 7.47. The van der Waals surface area contributed by atoms with Crippen molar-refractivity contribution in [1.29, 1.82) is 0 Å². The van der Waals surface area contributed by atoms with Crippen LogP contribution in [0.1, 0.15) is 41.6 Å². The number of hydrogen-bond donors (Lipinski definition) is 4. The first kappa shape index (κ1) is 20.9. The van der Waals surface area contributed by atoms with E-state index in [-0.39, 0.29) is 18.1 Å². The maximum atomic E-state index is 12.6. The minimum Gasteiger partial charge on any atom is -0.394 e. The molecule has 0 spiro atoms. The van der Waals surface area contributed by atoms with Crippen molar-refractivity contribution in [3.8, 4) is 0 Å². The molecule has 10 heteroatoms. The van der Waals surface area contributed by atoms with Crippen LogP contribution in [-0.4, -0.2) is 56.0 Å². The van der Waals surface area contributed by atoms with Crippen LogP contribution in [0.4, 0.5) is 5.13 Å². The Morgan fingerprint density at radius 2 is 1.90 bits per heavy atom. The van der Waals surface area contributed by atoms with Crippen LogP contribution in [0, 0.1) is 0 Å². The van der Waals surface area contributed by atoms with Crippen molar-refractivity contribution in [3.05, 3.63) is 41.6 Å². The van der Waals surface area contributed by atoms with E-state index in [4.69, 9.17) is 5.11 Å². The second-order valence-corrected chi connectivity index (χ2v) is 8.47. The number of thiazole rings is 1. The van der Waals surface area contributed by atoms with E-state index in [0.29, 0.717) is 21.0 Å². The maximum absolute atomic E-state index is 12.6. The van der Waals surface area contributed by atoms with Crippen LogP contribution in [0.25, 0.3) is 10.3 Å². The summed E-state index contributed by atoms with van der Waals surface area (Å²) in [6.07, 6.45) is -1.05. The Hall–Kier alpha value is -2.82. The van der Waals surface area contributed by atoms with Gasteiger partial charge >= 0.3 is 0 Å². The molecule has 0 saturated heterocycles. The number of hydrogen-bond acceptors (Lipinski definition) is 7. The number of carbonyl (C=O) groups is 2. The van der Waals surface area contributed by atoms with E-state index in [0.717, 1.165) is 11.3 Å². The fourth-order valence-electron chi connectivity index (χ4n) is 2.59. The molecule has 0 radical (unpaired) electrons. The minimum atomic E-state index is -1.05. The van der Waals surface area contributed by atoms with Crippen LogP contribution in [0.15, 0.2) is 30.3 Å². The van der Waals surface area contributed by atoms with Crippen molar-refractivity contribution in [2.45, 2.75) is 32.4 Å². The molecular weight excluding hydrogens is 394 g/mol. The van der Waals surface area contributed by atoms with E-state index >= 15 is 0 Å². The highest BCUT2D eigenvalue weighted by Crippen LogP contribution is 2.32. The average molecular weight is 417 g/mol. The monoisotopic (exact) mass is 417 g/mol. The lowest BCUT2D eigenvalue weighted by Crippen LogP contribution is -2.34. The Bertz CT molecular complexity index is 1020. The lowest BCUT2D eigenvalue weighted by atomic mass is 10.1. The third-order valence-corrected chi connectivity index (χ3v) is 5.01. The van der Waals surface area contributed by atoms with E-state index in [2.05, 4.69) is 20.7 Å². The largest absolute Gasteiger partial charge is 0.394 e. The van der Waals surface area contributed by atoms with Gasteiger partial charge in [0.1, 0.15) is 4.70 Å². The Balaban J connectivity index is 1.93. The Kier molecular flexibility index (Phi) is 5.96. The van der Waals surface area contributed by atoms with Crippen LogP contribution < -0.4 is 10.6 Å². The number of aliphatic hydroxyl groups is 2. The maximum Gasteiger partial charge on any atom is 0.273 e. The molecule has 2 aromatic heterocycles. The predicted molar refractivity (Wildman–Crippen MR) is 110 cm³/mol. The Morgan fingerprint density at radius 1 is 1.21 bits per heavy atom. The van der Waals surface area contributed by atoms with E-state index in [1.54, 1.807) is 28.9 Å². The van der Waals surface area contributed by atoms with Gasteiger partial charge in [0.15, 0.2) is 16.5 Å². The van der Waals surface area contributed by atoms with Gasteiger partial charge in [0.2, 0.25) is 0 Å². The molecule has 29 heavy (non-hydrogen) atoms. The van der Waals surface area contributed by atoms with Gasteiger partial charge in [-0.1, -0.05) is 29.5 Å². The molecule has 2 heterocycles. The number of carbonyl (C=O) groups excluding carboxylic acids is 2. The summed E-state index contributed by atoms with van der Waals surface area (Å²) in [5.41, 5.74) is 0.688. The SMILES string of the molecule is CC(C)(C)n1nc(C(=O)NC[C@@H](O)CO)c2sc(NC(=O)c3ccccc3)nc21. The minimum absolute atomic E-state index is 0.102. The Morgan fingerprint density at radius 3 is 2.52 bits per heavy atom.